The Morgan fingerprint density at radius 2 is 1.09 bits per heavy atom. The average Bonchev–Trinajstić information content (AvgIpc) is 3.77. The molecule has 4 amide bonds. The van der Waals surface area contributed by atoms with E-state index in [0.29, 0.717) is 34.5 Å². The zero-order valence-corrected chi connectivity index (χ0v) is 30.7. The van der Waals surface area contributed by atoms with Gasteiger partial charge in [-0.3, -0.25) is 9.59 Å². The topological polar surface area (TPSA) is 154 Å². The number of thiazole rings is 2. The monoisotopic (exact) mass is 799 g/mol. The first-order valence-electron chi connectivity index (χ1n) is 15.9. The molecule has 2 aromatic heterocycles. The molecule has 0 radical (unpaired) electrons. The third-order valence-corrected chi connectivity index (χ3v) is 10.9. The van der Waals surface area contributed by atoms with Gasteiger partial charge in [0.15, 0.2) is 0 Å². The molecule has 0 aliphatic carbocycles. The number of likely N-dealkylation sites (N-methyl/N-ethyl adjacent to an activating group) is 2. The van der Waals surface area contributed by atoms with Gasteiger partial charge >= 0.3 is 16.2 Å². The van der Waals surface area contributed by atoms with Crippen LogP contribution < -0.4 is 24.6 Å². The van der Waals surface area contributed by atoms with Gasteiger partial charge in [0.2, 0.25) is 11.8 Å². The number of hydrogen-bond acceptors (Lipinski definition) is 9. The van der Waals surface area contributed by atoms with E-state index in [1.807, 2.05) is 0 Å². The molecule has 0 aliphatic rings. The lowest BCUT2D eigenvalue weighted by Crippen LogP contribution is -2.57. The zero-order valence-electron chi connectivity index (χ0n) is 28.2. The fraction of sp³-hybridized carbons (Fsp3) is 0.171. The van der Waals surface area contributed by atoms with Gasteiger partial charge in [-0.1, -0.05) is 0 Å². The van der Waals surface area contributed by atoms with E-state index in [-0.39, 0.29) is 11.1 Å². The van der Waals surface area contributed by atoms with Gasteiger partial charge < -0.3 is 15.1 Å². The summed E-state index contributed by atoms with van der Waals surface area (Å²) in [6, 6.07) is 10.1. The largest absolute Gasteiger partial charge is 0.330 e. The first-order valence-corrected chi connectivity index (χ1v) is 19.1. The van der Waals surface area contributed by atoms with Crippen LogP contribution >= 0.6 is 22.7 Å². The molecule has 4 aromatic carbocycles. The van der Waals surface area contributed by atoms with Crippen LogP contribution in [-0.4, -0.2) is 62.4 Å². The first kappa shape index (κ1) is 38.2. The number of benzene rings is 4. The molecule has 12 nitrogen and oxygen atoms in total. The summed E-state index contributed by atoms with van der Waals surface area (Å²) in [5, 5.41) is 2.25. The van der Waals surface area contributed by atoms with E-state index >= 15 is 0 Å². The van der Waals surface area contributed by atoms with Crippen molar-refractivity contribution in [2.75, 3.05) is 23.9 Å². The van der Waals surface area contributed by atoms with Crippen molar-refractivity contribution < 1.29 is 40.4 Å². The maximum Gasteiger partial charge on any atom is 0.330 e. The van der Waals surface area contributed by atoms with Crippen molar-refractivity contribution in [1.82, 2.24) is 24.7 Å². The molecule has 2 atom stereocenters. The Kier molecular flexibility index (Phi) is 11.2. The number of rotatable bonds is 12. The molecule has 6 rings (SSSR count). The first-order chi connectivity index (χ1) is 25.6. The zero-order chi connectivity index (χ0) is 38.7. The van der Waals surface area contributed by atoms with Crippen LogP contribution in [0, 0.1) is 23.3 Å². The number of anilines is 2. The van der Waals surface area contributed by atoms with Gasteiger partial charge in [0.1, 0.15) is 35.4 Å². The van der Waals surface area contributed by atoms with Gasteiger partial charge in [-0.25, -0.2) is 37.0 Å². The van der Waals surface area contributed by atoms with Crippen molar-refractivity contribution in [2.45, 2.75) is 24.9 Å². The predicted molar refractivity (Wildman–Crippen MR) is 197 cm³/mol. The van der Waals surface area contributed by atoms with Crippen LogP contribution in [0.4, 0.5) is 33.7 Å². The number of amides is 4. The van der Waals surface area contributed by atoms with Crippen molar-refractivity contribution >= 4 is 82.5 Å². The van der Waals surface area contributed by atoms with E-state index in [9.17, 15) is 40.4 Å². The number of hydrogen-bond donors (Lipinski definition) is 3. The third-order valence-electron chi connectivity index (χ3n) is 8.21. The second-order valence-corrected chi connectivity index (χ2v) is 15.3. The quantitative estimate of drug-likeness (QED) is 0.139. The van der Waals surface area contributed by atoms with Gasteiger partial charge in [0.05, 0.1) is 31.5 Å². The Labute approximate surface area is 313 Å². The molecular weight excluding hydrogens is 771 g/mol. The Hall–Kier alpha value is -5.50. The molecule has 280 valence electrons. The number of fused-ring (bicyclic) bond motifs is 2. The summed E-state index contributed by atoms with van der Waals surface area (Å²) in [6.45, 7) is 0. The van der Waals surface area contributed by atoms with Crippen LogP contribution in [0.3, 0.4) is 0 Å². The predicted octanol–water partition coefficient (Wildman–Crippen LogP) is 5.44. The van der Waals surface area contributed by atoms with Crippen LogP contribution in [0.5, 0.6) is 0 Å². The van der Waals surface area contributed by atoms with Crippen LogP contribution in [0.1, 0.15) is 11.1 Å². The lowest BCUT2D eigenvalue weighted by Gasteiger charge is -2.26. The highest BCUT2D eigenvalue weighted by Gasteiger charge is 2.32. The van der Waals surface area contributed by atoms with E-state index in [1.54, 1.807) is 52.1 Å². The lowest BCUT2D eigenvalue weighted by atomic mass is 10.0. The van der Waals surface area contributed by atoms with Crippen molar-refractivity contribution in [2.24, 2.45) is 0 Å². The summed E-state index contributed by atoms with van der Waals surface area (Å²) < 4.78 is 88.7. The number of halogens is 4. The summed E-state index contributed by atoms with van der Waals surface area (Å²) in [7, 11) is -2.22. The summed E-state index contributed by atoms with van der Waals surface area (Å²) in [4.78, 5) is 51.6. The van der Waals surface area contributed by atoms with Crippen molar-refractivity contribution in [3.05, 3.63) is 118 Å². The minimum Gasteiger partial charge on any atom is -0.325 e. The Morgan fingerprint density at radius 3 is 1.56 bits per heavy atom. The fourth-order valence-electron chi connectivity index (χ4n) is 5.67. The number of carbonyl (C=O) groups is 3. The fourth-order valence-corrected chi connectivity index (χ4v) is 7.90. The van der Waals surface area contributed by atoms with E-state index in [4.69, 9.17) is 0 Å². The van der Waals surface area contributed by atoms with E-state index in [1.165, 1.54) is 36.8 Å². The van der Waals surface area contributed by atoms with Gasteiger partial charge in [-0.05, 0) is 78.2 Å². The van der Waals surface area contributed by atoms with Gasteiger partial charge in [-0.2, -0.15) is 13.1 Å². The Balaban J connectivity index is 1.24. The molecule has 3 N–H and O–H groups in total. The highest BCUT2D eigenvalue weighted by atomic mass is 32.2. The number of urea groups is 1. The van der Waals surface area contributed by atoms with Crippen LogP contribution in [-0.2, 0) is 32.6 Å². The number of aromatic nitrogens is 2. The molecule has 1 unspecified atom stereocenters. The van der Waals surface area contributed by atoms with E-state index in [0.717, 1.165) is 43.5 Å². The molecular formula is C35H29F4N7O5S3. The highest BCUT2D eigenvalue weighted by molar-refractivity contribution is 7.88. The van der Waals surface area contributed by atoms with Gasteiger partial charge in [-0.15, -0.1) is 22.7 Å². The number of nitrogens with zero attached hydrogens (tertiary/aromatic N) is 4. The van der Waals surface area contributed by atoms with Crippen LogP contribution in [0.15, 0.2) is 83.8 Å². The number of carbonyl (C=O) groups excluding carboxylic acids is 3. The Morgan fingerprint density at radius 1 is 0.667 bits per heavy atom. The number of nitrogens with one attached hydrogen (secondary N) is 3. The molecule has 0 bridgehead atoms. The SMILES string of the molecule is CN(C(=O)C(Cc1cc(F)cc(F)c1)NC(=O)NS(=O)(=O)N[C@@H](Cc1cc(F)cc(F)c1)C(=O)N(C)c1ccc2scnc2c1)c1ccc2scnc2c1. The molecule has 0 spiro atoms. The summed E-state index contributed by atoms with van der Waals surface area (Å²) in [5.41, 5.74) is 4.96. The summed E-state index contributed by atoms with van der Waals surface area (Å²) >= 11 is 2.74. The Bertz CT molecular complexity index is 2460. The molecule has 0 saturated carbocycles. The second kappa shape index (κ2) is 15.8. The minimum atomic E-state index is -4.96. The summed E-state index contributed by atoms with van der Waals surface area (Å²) in [6.07, 6.45) is -1.00. The molecule has 2 heterocycles. The van der Waals surface area contributed by atoms with Crippen molar-refractivity contribution in [3.8, 4) is 0 Å². The molecule has 0 fully saturated rings. The third kappa shape index (κ3) is 9.16. The maximum absolute atomic E-state index is 14.1. The molecule has 0 aliphatic heterocycles. The van der Waals surface area contributed by atoms with Crippen LogP contribution in [0.2, 0.25) is 0 Å². The minimum absolute atomic E-state index is 0.0256. The standard InChI is InChI=1S/C35H29F4N7O5S3/c1-45(25-3-5-31-27(15-25)40-17-52-31)33(47)29(11-19-7-21(36)13-22(37)8-19)42-35(49)44-54(50,51)43-30(12-20-9-23(38)14-24(39)10-20)34(48)46(2)26-4-6-32-28(16-26)41-18-53-32/h3-10,13-18,29-30,43H,11-12H2,1-2H3,(H2,42,44,49)/t29?,30-/m0/s1. The normalized spacial score (nSPS) is 12.7. The molecule has 6 aromatic rings. The second-order valence-electron chi connectivity index (χ2n) is 12.1. The molecule has 19 heteroatoms. The smallest absolute Gasteiger partial charge is 0.325 e. The van der Waals surface area contributed by atoms with E-state index in [2.05, 4.69) is 20.0 Å². The maximum atomic E-state index is 14.1. The van der Waals surface area contributed by atoms with E-state index < -0.39 is 76.2 Å². The van der Waals surface area contributed by atoms with Crippen molar-refractivity contribution in [3.63, 3.8) is 0 Å². The lowest BCUT2D eigenvalue weighted by molar-refractivity contribution is -0.120. The van der Waals surface area contributed by atoms with Crippen molar-refractivity contribution in [1.29, 1.82) is 0 Å². The summed E-state index contributed by atoms with van der Waals surface area (Å²) in [5.74, 6) is -5.47. The average molecular weight is 800 g/mol. The molecule has 0 saturated heterocycles. The van der Waals surface area contributed by atoms with Gasteiger partial charge in [0, 0.05) is 44.0 Å². The van der Waals surface area contributed by atoms with Gasteiger partial charge in [0.25, 0.3) is 0 Å². The highest BCUT2D eigenvalue weighted by Crippen LogP contribution is 2.26. The van der Waals surface area contributed by atoms with Crippen LogP contribution in [0.25, 0.3) is 20.4 Å². The molecule has 54 heavy (non-hydrogen) atoms.